The molecule has 9 heteroatoms. The van der Waals surface area contributed by atoms with Crippen LogP contribution in [0.5, 0.6) is 0 Å². The summed E-state index contributed by atoms with van der Waals surface area (Å²) in [7, 11) is -3.84. The zero-order valence-corrected chi connectivity index (χ0v) is 14.1. The summed E-state index contributed by atoms with van der Waals surface area (Å²) in [5, 5.41) is 9.89. The van der Waals surface area contributed by atoms with E-state index < -0.39 is 16.3 Å². The van der Waals surface area contributed by atoms with E-state index in [9.17, 15) is 13.5 Å². The summed E-state index contributed by atoms with van der Waals surface area (Å²) in [6.07, 6.45) is 2.26. The summed E-state index contributed by atoms with van der Waals surface area (Å²) in [5.41, 5.74) is 0.0880. The maximum Gasteiger partial charge on any atom is 0.302 e. The highest BCUT2D eigenvalue weighted by Gasteiger charge is 2.32. The molecule has 0 bridgehead atoms. The maximum absolute atomic E-state index is 12.5. The van der Waals surface area contributed by atoms with E-state index in [-0.39, 0.29) is 22.3 Å². The van der Waals surface area contributed by atoms with Crippen LogP contribution in [0.15, 0.2) is 12.1 Å². The van der Waals surface area contributed by atoms with Crippen LogP contribution in [0.2, 0.25) is 15.1 Å². The Kier molecular flexibility index (Phi) is 5.62. The lowest BCUT2D eigenvalue weighted by molar-refractivity contribution is 0.156. The second kappa shape index (κ2) is 6.89. The van der Waals surface area contributed by atoms with E-state index in [4.69, 9.17) is 34.8 Å². The normalized spacial score (nSPS) is 20.5. The molecule has 1 aliphatic rings. The quantitative estimate of drug-likeness (QED) is 0.852. The van der Waals surface area contributed by atoms with Crippen molar-refractivity contribution < 1.29 is 13.5 Å². The number of hydrogen-bond donors (Lipinski definition) is 2. The van der Waals surface area contributed by atoms with Gasteiger partial charge in [0, 0.05) is 17.6 Å². The summed E-state index contributed by atoms with van der Waals surface area (Å²) in [6, 6.07) is 2.39. The van der Waals surface area contributed by atoms with E-state index in [1.807, 2.05) is 0 Å². The number of anilines is 1. The molecule has 1 fully saturated rings. The lowest BCUT2D eigenvalue weighted by atomic mass is 10.1. The summed E-state index contributed by atoms with van der Waals surface area (Å²) in [6.45, 7) is 0.131. The first-order valence-electron chi connectivity index (χ1n) is 6.40. The van der Waals surface area contributed by atoms with Crippen LogP contribution in [0.25, 0.3) is 0 Å². The highest BCUT2D eigenvalue weighted by Crippen LogP contribution is 2.35. The fourth-order valence-electron chi connectivity index (χ4n) is 2.30. The van der Waals surface area contributed by atoms with Gasteiger partial charge in [-0.1, -0.05) is 41.2 Å². The van der Waals surface area contributed by atoms with Crippen LogP contribution in [0.1, 0.15) is 19.3 Å². The standard InChI is InChI=1S/C12H15Cl3N2O3S/c13-8-5-10(14)12(11(15)6-8)16-21(19,20)17-4-2-1-3-9(17)7-18/h5-6,9,16,18H,1-4,7H2. The molecule has 0 aromatic heterocycles. The van der Waals surface area contributed by atoms with E-state index >= 15 is 0 Å². The second-order valence-electron chi connectivity index (χ2n) is 4.79. The van der Waals surface area contributed by atoms with E-state index in [0.29, 0.717) is 18.0 Å². The number of nitrogens with one attached hydrogen (secondary N) is 1. The Labute approximate surface area is 139 Å². The van der Waals surface area contributed by atoms with Crippen LogP contribution < -0.4 is 4.72 Å². The first kappa shape index (κ1) is 17.1. The Hall–Kier alpha value is -0.240. The van der Waals surface area contributed by atoms with Crippen molar-refractivity contribution in [3.63, 3.8) is 0 Å². The van der Waals surface area contributed by atoms with Gasteiger partial charge in [0.05, 0.1) is 22.3 Å². The molecule has 1 atom stereocenters. The van der Waals surface area contributed by atoms with Crippen molar-refractivity contribution in [2.45, 2.75) is 25.3 Å². The SMILES string of the molecule is O=S(=O)(Nc1c(Cl)cc(Cl)cc1Cl)N1CCCCC1CO. The van der Waals surface area contributed by atoms with Crippen LogP contribution in [-0.4, -0.2) is 37.0 Å². The van der Waals surface area contributed by atoms with Gasteiger partial charge in [-0.2, -0.15) is 12.7 Å². The predicted octanol–water partition coefficient (Wildman–Crippen LogP) is 3.15. The predicted molar refractivity (Wildman–Crippen MR) is 85.4 cm³/mol. The first-order chi connectivity index (χ1) is 9.85. The van der Waals surface area contributed by atoms with E-state index in [1.54, 1.807) is 0 Å². The molecule has 1 unspecified atom stereocenters. The van der Waals surface area contributed by atoms with Gasteiger partial charge in [-0.3, -0.25) is 4.72 Å². The Bertz CT molecular complexity index is 601. The third-order valence-electron chi connectivity index (χ3n) is 3.33. The smallest absolute Gasteiger partial charge is 0.302 e. The average molecular weight is 374 g/mol. The minimum Gasteiger partial charge on any atom is -0.395 e. The van der Waals surface area contributed by atoms with Crippen LogP contribution in [0.4, 0.5) is 5.69 Å². The number of piperidine rings is 1. The highest BCUT2D eigenvalue weighted by molar-refractivity contribution is 7.90. The number of benzene rings is 1. The molecule has 2 N–H and O–H groups in total. The van der Waals surface area contributed by atoms with Crippen LogP contribution in [0, 0.1) is 0 Å². The Morgan fingerprint density at radius 1 is 1.24 bits per heavy atom. The number of hydrogen-bond acceptors (Lipinski definition) is 3. The third kappa shape index (κ3) is 3.94. The van der Waals surface area contributed by atoms with Crippen molar-refractivity contribution in [2.24, 2.45) is 0 Å². The molecule has 1 aromatic rings. The number of rotatable bonds is 4. The molecule has 2 rings (SSSR count). The molecular weight excluding hydrogens is 359 g/mol. The molecule has 21 heavy (non-hydrogen) atoms. The van der Waals surface area contributed by atoms with Crippen molar-refractivity contribution in [3.05, 3.63) is 27.2 Å². The first-order valence-corrected chi connectivity index (χ1v) is 8.97. The summed E-state index contributed by atoms with van der Waals surface area (Å²) in [4.78, 5) is 0. The molecule has 0 amide bonds. The molecule has 0 saturated carbocycles. The van der Waals surface area contributed by atoms with Gasteiger partial charge in [-0.25, -0.2) is 0 Å². The van der Waals surface area contributed by atoms with Gasteiger partial charge in [0.25, 0.3) is 0 Å². The van der Waals surface area contributed by atoms with Gasteiger partial charge >= 0.3 is 10.2 Å². The fourth-order valence-corrected chi connectivity index (χ4v) is 4.85. The maximum atomic E-state index is 12.5. The van der Waals surface area contributed by atoms with Gasteiger partial charge in [0.2, 0.25) is 0 Å². The summed E-state index contributed by atoms with van der Waals surface area (Å²) in [5.74, 6) is 0. The molecule has 1 aliphatic heterocycles. The number of nitrogens with zero attached hydrogens (tertiary/aromatic N) is 1. The molecule has 0 radical (unpaired) electrons. The minimum atomic E-state index is -3.84. The van der Waals surface area contributed by atoms with Crippen molar-refractivity contribution in [3.8, 4) is 0 Å². The molecule has 5 nitrogen and oxygen atoms in total. The molecule has 1 aromatic carbocycles. The van der Waals surface area contributed by atoms with Gasteiger partial charge < -0.3 is 5.11 Å². The van der Waals surface area contributed by atoms with E-state index in [0.717, 1.165) is 12.8 Å². The van der Waals surface area contributed by atoms with Gasteiger partial charge in [-0.05, 0) is 25.0 Å². The van der Waals surface area contributed by atoms with Crippen molar-refractivity contribution in [1.82, 2.24) is 4.31 Å². The summed E-state index contributed by atoms with van der Waals surface area (Å²) < 4.78 is 28.6. The Balaban J connectivity index is 2.29. The minimum absolute atomic E-state index is 0.0880. The van der Waals surface area contributed by atoms with Crippen LogP contribution >= 0.6 is 34.8 Å². The van der Waals surface area contributed by atoms with Crippen molar-refractivity contribution in [1.29, 1.82) is 0 Å². The second-order valence-corrected chi connectivity index (χ2v) is 7.67. The largest absolute Gasteiger partial charge is 0.395 e. The monoisotopic (exact) mass is 372 g/mol. The number of aliphatic hydroxyl groups excluding tert-OH is 1. The summed E-state index contributed by atoms with van der Waals surface area (Å²) >= 11 is 17.8. The molecular formula is C12H15Cl3N2O3S. The van der Waals surface area contributed by atoms with Gasteiger partial charge in [0.1, 0.15) is 0 Å². The van der Waals surface area contributed by atoms with E-state index in [2.05, 4.69) is 4.72 Å². The zero-order valence-electron chi connectivity index (χ0n) is 11.0. The van der Waals surface area contributed by atoms with Gasteiger partial charge in [-0.15, -0.1) is 0 Å². The number of aliphatic hydroxyl groups is 1. The topological polar surface area (TPSA) is 69.6 Å². The molecule has 1 heterocycles. The van der Waals surface area contributed by atoms with Crippen molar-refractivity contribution >= 4 is 50.7 Å². The lowest BCUT2D eigenvalue weighted by Crippen LogP contribution is -2.48. The zero-order chi connectivity index (χ0) is 15.6. The Morgan fingerprint density at radius 2 is 1.86 bits per heavy atom. The molecule has 0 aliphatic carbocycles. The van der Waals surface area contributed by atoms with Crippen LogP contribution in [0.3, 0.4) is 0 Å². The average Bonchev–Trinajstić information content (AvgIpc) is 2.43. The molecule has 0 spiro atoms. The highest BCUT2D eigenvalue weighted by atomic mass is 35.5. The fraction of sp³-hybridized carbons (Fsp3) is 0.500. The third-order valence-corrected chi connectivity index (χ3v) is 5.71. The van der Waals surface area contributed by atoms with Crippen molar-refractivity contribution in [2.75, 3.05) is 17.9 Å². The molecule has 1 saturated heterocycles. The van der Waals surface area contributed by atoms with Crippen LogP contribution in [-0.2, 0) is 10.2 Å². The van der Waals surface area contributed by atoms with E-state index in [1.165, 1.54) is 16.4 Å². The Morgan fingerprint density at radius 3 is 2.43 bits per heavy atom. The lowest BCUT2D eigenvalue weighted by Gasteiger charge is -2.33. The van der Waals surface area contributed by atoms with Gasteiger partial charge in [0.15, 0.2) is 0 Å². The molecule has 118 valence electrons. The number of halogens is 3.